The van der Waals surface area contributed by atoms with E-state index < -0.39 is 24.0 Å². The van der Waals surface area contributed by atoms with Crippen LogP contribution in [0.15, 0.2) is 12.1 Å². The van der Waals surface area contributed by atoms with Gasteiger partial charge in [-0.1, -0.05) is 23.2 Å². The molecule has 2 atom stereocenters. The van der Waals surface area contributed by atoms with Crippen molar-refractivity contribution in [1.29, 1.82) is 5.26 Å². The van der Waals surface area contributed by atoms with Gasteiger partial charge in [-0.15, -0.1) is 0 Å². The van der Waals surface area contributed by atoms with Gasteiger partial charge in [0.25, 0.3) is 5.91 Å². The summed E-state index contributed by atoms with van der Waals surface area (Å²) >= 11 is 12.1. The van der Waals surface area contributed by atoms with E-state index in [4.69, 9.17) is 23.2 Å². The Morgan fingerprint density at radius 1 is 1.45 bits per heavy atom. The Morgan fingerprint density at radius 2 is 2.05 bits per heavy atom. The van der Waals surface area contributed by atoms with Gasteiger partial charge in [0.1, 0.15) is 12.1 Å². The summed E-state index contributed by atoms with van der Waals surface area (Å²) in [5.74, 6) is -1.12. The normalized spacial score (nSPS) is 18.4. The van der Waals surface area contributed by atoms with Crippen molar-refractivity contribution in [3.8, 4) is 6.07 Å². The van der Waals surface area contributed by atoms with Crippen molar-refractivity contribution in [3.63, 3.8) is 0 Å². The van der Waals surface area contributed by atoms with E-state index in [2.05, 4.69) is 4.74 Å². The lowest BCUT2D eigenvalue weighted by atomic mass is 10.1. The molecule has 5 nitrogen and oxygen atoms in total. The third-order valence-corrected chi connectivity index (χ3v) is 3.87. The maximum absolute atomic E-state index is 12.4. The lowest BCUT2D eigenvalue weighted by Crippen LogP contribution is -2.41. The van der Waals surface area contributed by atoms with Gasteiger partial charge < -0.3 is 9.64 Å². The third-order valence-electron chi connectivity index (χ3n) is 3.22. The van der Waals surface area contributed by atoms with Crippen LogP contribution in [0.1, 0.15) is 28.9 Å². The molecule has 1 aromatic carbocycles. The second-order valence-electron chi connectivity index (χ2n) is 4.26. The van der Waals surface area contributed by atoms with Gasteiger partial charge in [-0.25, -0.2) is 4.79 Å². The van der Waals surface area contributed by atoms with Crippen LogP contribution < -0.4 is 0 Å². The molecule has 20 heavy (non-hydrogen) atoms. The van der Waals surface area contributed by atoms with Crippen molar-refractivity contribution in [2.75, 3.05) is 7.11 Å². The average molecular weight is 313 g/mol. The smallest absolute Gasteiger partial charge is 0.328 e. The SMILES string of the molecule is COC(=O)C(C)N1C(=O)c2c(Cl)ccc(Cl)c2C1C#N. The number of carbonyl (C=O) groups excluding carboxylic acids is 2. The molecule has 7 heteroatoms. The molecule has 1 aromatic rings. The highest BCUT2D eigenvalue weighted by molar-refractivity contribution is 6.37. The van der Waals surface area contributed by atoms with Crippen molar-refractivity contribution < 1.29 is 14.3 Å². The number of hydrogen-bond acceptors (Lipinski definition) is 4. The number of rotatable bonds is 2. The van der Waals surface area contributed by atoms with Gasteiger partial charge in [0, 0.05) is 10.6 Å². The molecule has 0 radical (unpaired) electrons. The topological polar surface area (TPSA) is 70.4 Å². The van der Waals surface area contributed by atoms with Gasteiger partial charge in [0.2, 0.25) is 0 Å². The molecule has 0 fully saturated rings. The van der Waals surface area contributed by atoms with Crippen LogP contribution >= 0.6 is 23.2 Å². The number of nitriles is 1. The van der Waals surface area contributed by atoms with Gasteiger partial charge in [0.05, 0.1) is 23.8 Å². The largest absolute Gasteiger partial charge is 0.467 e. The first-order valence-corrected chi connectivity index (χ1v) is 6.47. The van der Waals surface area contributed by atoms with Crippen LogP contribution in [0.2, 0.25) is 10.0 Å². The van der Waals surface area contributed by atoms with Crippen LogP contribution in [0.5, 0.6) is 0 Å². The van der Waals surface area contributed by atoms with Crippen LogP contribution in [-0.2, 0) is 9.53 Å². The predicted molar refractivity (Wildman–Crippen MR) is 72.5 cm³/mol. The predicted octanol–water partition coefficient (Wildman–Crippen LogP) is 2.58. The fourth-order valence-electron chi connectivity index (χ4n) is 2.25. The van der Waals surface area contributed by atoms with Gasteiger partial charge in [-0.05, 0) is 19.1 Å². The van der Waals surface area contributed by atoms with E-state index >= 15 is 0 Å². The van der Waals surface area contributed by atoms with Crippen molar-refractivity contribution in [2.24, 2.45) is 0 Å². The van der Waals surface area contributed by atoms with Crippen LogP contribution in [-0.4, -0.2) is 29.9 Å². The molecule has 0 bridgehead atoms. The lowest BCUT2D eigenvalue weighted by molar-refractivity contribution is -0.145. The first-order valence-electron chi connectivity index (χ1n) is 5.72. The Kier molecular flexibility index (Phi) is 3.89. The fraction of sp³-hybridized carbons (Fsp3) is 0.308. The second-order valence-corrected chi connectivity index (χ2v) is 5.08. The highest BCUT2D eigenvalue weighted by Crippen LogP contribution is 2.42. The zero-order chi connectivity index (χ0) is 15.0. The minimum atomic E-state index is -0.960. The number of ether oxygens (including phenoxy) is 1. The molecular weight excluding hydrogens is 303 g/mol. The van der Waals surface area contributed by atoms with Gasteiger partial charge in [-0.2, -0.15) is 5.26 Å². The van der Waals surface area contributed by atoms with Gasteiger partial charge in [0.15, 0.2) is 0 Å². The van der Waals surface area contributed by atoms with Crippen LogP contribution in [0.25, 0.3) is 0 Å². The van der Waals surface area contributed by atoms with Gasteiger partial charge in [-0.3, -0.25) is 4.79 Å². The molecule has 0 aromatic heterocycles. The summed E-state index contributed by atoms with van der Waals surface area (Å²) in [7, 11) is 1.22. The first-order chi connectivity index (χ1) is 9.43. The maximum atomic E-state index is 12.4. The molecule has 1 aliphatic rings. The molecule has 0 N–H and O–H groups in total. The Hall–Kier alpha value is -1.77. The number of methoxy groups -OCH3 is 1. The summed E-state index contributed by atoms with van der Waals surface area (Å²) in [6, 6.07) is 3.12. The number of hydrogen-bond donors (Lipinski definition) is 0. The summed E-state index contributed by atoms with van der Waals surface area (Å²) in [5.41, 5.74) is 0.504. The zero-order valence-corrected chi connectivity index (χ0v) is 12.2. The number of fused-ring (bicyclic) bond motifs is 1. The molecule has 2 rings (SSSR count). The second kappa shape index (κ2) is 5.31. The average Bonchev–Trinajstić information content (AvgIpc) is 2.75. The van der Waals surface area contributed by atoms with Crippen LogP contribution in [0.3, 0.4) is 0 Å². The highest BCUT2D eigenvalue weighted by Gasteiger charge is 2.44. The number of esters is 1. The number of nitrogens with zero attached hydrogens (tertiary/aromatic N) is 2. The Bertz CT molecular complexity index is 639. The van der Waals surface area contributed by atoms with Gasteiger partial charge >= 0.3 is 5.97 Å². The fourth-order valence-corrected chi connectivity index (χ4v) is 2.75. The molecule has 1 amide bonds. The molecule has 1 aliphatic heterocycles. The van der Waals surface area contributed by atoms with E-state index in [0.717, 1.165) is 4.90 Å². The molecule has 0 aliphatic carbocycles. The van der Waals surface area contributed by atoms with E-state index in [1.165, 1.54) is 26.2 Å². The zero-order valence-electron chi connectivity index (χ0n) is 10.7. The minimum Gasteiger partial charge on any atom is -0.467 e. The van der Waals surface area contributed by atoms with Crippen molar-refractivity contribution in [3.05, 3.63) is 33.3 Å². The molecular formula is C13H10Cl2N2O3. The third kappa shape index (κ3) is 2.01. The van der Waals surface area contributed by atoms with E-state index in [-0.39, 0.29) is 15.6 Å². The Labute approximate surface area is 125 Å². The Morgan fingerprint density at radius 3 is 2.60 bits per heavy atom. The minimum absolute atomic E-state index is 0.168. The van der Waals surface area contributed by atoms with E-state index in [9.17, 15) is 14.9 Å². The quantitative estimate of drug-likeness (QED) is 0.787. The van der Waals surface area contributed by atoms with Crippen LogP contribution in [0.4, 0.5) is 0 Å². The van der Waals surface area contributed by atoms with Crippen molar-refractivity contribution in [1.82, 2.24) is 4.90 Å². The maximum Gasteiger partial charge on any atom is 0.328 e. The van der Waals surface area contributed by atoms with E-state index in [1.807, 2.05) is 6.07 Å². The summed E-state index contributed by atoms with van der Waals surface area (Å²) in [6.45, 7) is 1.49. The molecule has 2 unspecified atom stereocenters. The molecule has 104 valence electrons. The number of benzene rings is 1. The molecule has 1 heterocycles. The number of amides is 1. The molecule has 0 spiro atoms. The summed E-state index contributed by atoms with van der Waals surface area (Å²) in [5, 5.41) is 9.79. The summed E-state index contributed by atoms with van der Waals surface area (Å²) in [6.07, 6.45) is 0. The molecule has 0 saturated heterocycles. The van der Waals surface area contributed by atoms with Crippen molar-refractivity contribution >= 4 is 35.1 Å². The highest BCUT2D eigenvalue weighted by atomic mass is 35.5. The van der Waals surface area contributed by atoms with E-state index in [1.54, 1.807) is 0 Å². The van der Waals surface area contributed by atoms with E-state index in [0.29, 0.717) is 5.56 Å². The lowest BCUT2D eigenvalue weighted by Gasteiger charge is -2.25. The standard InChI is InChI=1S/C13H10Cl2N2O3/c1-6(13(19)20-2)17-9(5-16)10-7(14)3-4-8(15)11(10)12(17)18/h3-4,6,9H,1-2H3. The van der Waals surface area contributed by atoms with Crippen molar-refractivity contribution in [2.45, 2.75) is 19.0 Å². The first kappa shape index (κ1) is 14.6. The number of halogens is 2. The Balaban J connectivity index is 2.59. The van der Waals surface area contributed by atoms with Crippen LogP contribution in [0, 0.1) is 11.3 Å². The summed E-state index contributed by atoms with van der Waals surface area (Å²) < 4.78 is 4.62. The number of carbonyl (C=O) groups is 2. The summed E-state index contributed by atoms with van der Waals surface area (Å²) in [4.78, 5) is 25.2. The molecule has 0 saturated carbocycles. The monoisotopic (exact) mass is 312 g/mol.